The normalized spacial score (nSPS) is 12.8. The molecule has 0 amide bonds. The molecule has 1 unspecified atom stereocenters. The van der Waals surface area contributed by atoms with Gasteiger partial charge in [-0.1, -0.05) is 0 Å². The van der Waals surface area contributed by atoms with Crippen molar-refractivity contribution in [2.24, 2.45) is 5.73 Å². The molecular weight excluding hydrogens is 178 g/mol. The van der Waals surface area contributed by atoms with Crippen molar-refractivity contribution in [1.29, 1.82) is 0 Å². The molecule has 0 aliphatic heterocycles. The van der Waals surface area contributed by atoms with Crippen LogP contribution < -0.4 is 5.73 Å². The molecule has 0 fully saturated rings. The molecule has 0 aliphatic carbocycles. The molecule has 0 saturated carbocycles. The van der Waals surface area contributed by atoms with Gasteiger partial charge >= 0.3 is 0 Å². The van der Waals surface area contributed by atoms with Gasteiger partial charge in [-0.2, -0.15) is 0 Å². The molecule has 0 radical (unpaired) electrons. The number of aromatic nitrogens is 2. The van der Waals surface area contributed by atoms with E-state index in [1.165, 1.54) is 0 Å². The molecular formula is C10H17N3O. The Morgan fingerprint density at radius 1 is 1.43 bits per heavy atom. The van der Waals surface area contributed by atoms with Crippen molar-refractivity contribution in [1.82, 2.24) is 9.97 Å². The molecule has 1 atom stereocenters. The first kappa shape index (κ1) is 11.1. The molecule has 0 bridgehead atoms. The van der Waals surface area contributed by atoms with Gasteiger partial charge in [0.25, 0.3) is 0 Å². The van der Waals surface area contributed by atoms with E-state index in [2.05, 4.69) is 9.97 Å². The van der Waals surface area contributed by atoms with E-state index in [0.29, 0.717) is 13.2 Å². The molecule has 2 N–H and O–H groups in total. The zero-order chi connectivity index (χ0) is 10.4. The van der Waals surface area contributed by atoms with Crippen LogP contribution in [0, 0.1) is 0 Å². The number of hydrogen-bond donors (Lipinski definition) is 1. The van der Waals surface area contributed by atoms with Crippen molar-refractivity contribution < 1.29 is 4.74 Å². The van der Waals surface area contributed by atoms with Crippen LogP contribution in [0.1, 0.15) is 31.3 Å². The molecule has 0 aromatic carbocycles. The first-order chi connectivity index (χ1) is 6.77. The minimum Gasteiger partial charge on any atom is -0.371 e. The Morgan fingerprint density at radius 2 is 2.07 bits per heavy atom. The highest BCUT2D eigenvalue weighted by Gasteiger charge is 2.07. The van der Waals surface area contributed by atoms with E-state index in [9.17, 15) is 0 Å². The number of ether oxygens (including phenoxy) is 1. The summed E-state index contributed by atoms with van der Waals surface area (Å²) in [6, 6.07) is 0. The molecule has 1 rings (SSSR count). The molecule has 1 heterocycles. The van der Waals surface area contributed by atoms with Gasteiger partial charge < -0.3 is 10.5 Å². The molecule has 4 nitrogen and oxygen atoms in total. The lowest BCUT2D eigenvalue weighted by Gasteiger charge is -2.09. The van der Waals surface area contributed by atoms with Gasteiger partial charge in [0.05, 0.1) is 0 Å². The topological polar surface area (TPSA) is 61.0 Å². The number of hydrogen-bond acceptors (Lipinski definition) is 4. The molecule has 1 aromatic heterocycles. The Morgan fingerprint density at radius 3 is 2.57 bits per heavy atom. The van der Waals surface area contributed by atoms with Gasteiger partial charge in [-0.3, -0.25) is 0 Å². The molecule has 78 valence electrons. The van der Waals surface area contributed by atoms with E-state index in [4.69, 9.17) is 10.5 Å². The van der Waals surface area contributed by atoms with Crippen LogP contribution in [0.25, 0.3) is 0 Å². The van der Waals surface area contributed by atoms with Crippen molar-refractivity contribution in [2.45, 2.75) is 26.4 Å². The predicted molar refractivity (Wildman–Crippen MR) is 54.8 cm³/mol. The van der Waals surface area contributed by atoms with Gasteiger partial charge in [-0.15, -0.1) is 0 Å². The first-order valence-corrected chi connectivity index (χ1v) is 4.90. The summed E-state index contributed by atoms with van der Waals surface area (Å²) in [6.07, 6.45) is 4.41. The summed E-state index contributed by atoms with van der Waals surface area (Å²) in [7, 11) is 0. The molecule has 4 heteroatoms. The van der Waals surface area contributed by atoms with Crippen LogP contribution in [0.15, 0.2) is 12.4 Å². The van der Waals surface area contributed by atoms with Crippen molar-refractivity contribution in [2.75, 3.05) is 13.2 Å². The maximum Gasteiger partial charge on any atom is 0.156 e. The van der Waals surface area contributed by atoms with Crippen molar-refractivity contribution in [3.05, 3.63) is 23.8 Å². The van der Waals surface area contributed by atoms with Crippen molar-refractivity contribution in [3.8, 4) is 0 Å². The van der Waals surface area contributed by atoms with E-state index >= 15 is 0 Å². The highest BCUT2D eigenvalue weighted by Crippen LogP contribution is 2.10. The van der Waals surface area contributed by atoms with E-state index in [1.807, 2.05) is 26.2 Å². The Bertz CT molecular complexity index is 261. The maximum absolute atomic E-state index is 5.43. The van der Waals surface area contributed by atoms with Gasteiger partial charge in [-0.25, -0.2) is 9.97 Å². The lowest BCUT2D eigenvalue weighted by Crippen LogP contribution is -2.07. The number of nitrogens with zero attached hydrogens (tertiary/aromatic N) is 2. The zero-order valence-electron chi connectivity index (χ0n) is 8.73. The Kier molecular flexibility index (Phi) is 4.49. The summed E-state index contributed by atoms with van der Waals surface area (Å²) in [6.45, 7) is 5.21. The Labute approximate surface area is 84.5 Å². The fourth-order valence-electron chi connectivity index (χ4n) is 1.19. The lowest BCUT2D eigenvalue weighted by molar-refractivity contribution is 0.0700. The predicted octanol–water partition coefficient (Wildman–Crippen LogP) is 1.08. The third-order valence-electron chi connectivity index (χ3n) is 1.94. The van der Waals surface area contributed by atoms with Crippen LogP contribution in [-0.2, 0) is 11.2 Å². The lowest BCUT2D eigenvalue weighted by atomic mass is 10.2. The largest absolute Gasteiger partial charge is 0.371 e. The van der Waals surface area contributed by atoms with Crippen LogP contribution in [-0.4, -0.2) is 23.1 Å². The summed E-state index contributed by atoms with van der Waals surface area (Å²) in [5.74, 6) is 0.729. The highest BCUT2D eigenvalue weighted by atomic mass is 16.5. The fraction of sp³-hybridized carbons (Fsp3) is 0.600. The minimum absolute atomic E-state index is 0.0353. The molecule has 14 heavy (non-hydrogen) atoms. The van der Waals surface area contributed by atoms with Crippen LogP contribution in [0.5, 0.6) is 0 Å². The Balaban J connectivity index is 2.62. The third kappa shape index (κ3) is 3.05. The maximum atomic E-state index is 5.43. The molecule has 1 aromatic rings. The SMILES string of the molecule is CCOC(C)c1ncc(CCN)cn1. The van der Waals surface area contributed by atoms with Crippen molar-refractivity contribution in [3.63, 3.8) is 0 Å². The fourth-order valence-corrected chi connectivity index (χ4v) is 1.19. The zero-order valence-corrected chi connectivity index (χ0v) is 8.73. The summed E-state index contributed by atoms with van der Waals surface area (Å²) in [5, 5.41) is 0. The molecule has 0 spiro atoms. The summed E-state index contributed by atoms with van der Waals surface area (Å²) >= 11 is 0. The second kappa shape index (κ2) is 5.67. The summed E-state index contributed by atoms with van der Waals surface area (Å²) < 4.78 is 5.38. The monoisotopic (exact) mass is 195 g/mol. The smallest absolute Gasteiger partial charge is 0.156 e. The van der Waals surface area contributed by atoms with Crippen LogP contribution >= 0.6 is 0 Å². The standard InChI is InChI=1S/C10H17N3O/c1-3-14-8(2)10-12-6-9(4-5-11)7-13-10/h6-8H,3-5,11H2,1-2H3. The summed E-state index contributed by atoms with van der Waals surface area (Å²) in [5.41, 5.74) is 6.50. The highest BCUT2D eigenvalue weighted by molar-refractivity contribution is 5.06. The second-order valence-electron chi connectivity index (χ2n) is 3.09. The Hall–Kier alpha value is -1.00. The first-order valence-electron chi connectivity index (χ1n) is 4.90. The van der Waals surface area contributed by atoms with Crippen molar-refractivity contribution >= 4 is 0 Å². The van der Waals surface area contributed by atoms with Gasteiger partial charge in [0.15, 0.2) is 5.82 Å². The van der Waals surface area contributed by atoms with Gasteiger partial charge in [0.1, 0.15) is 6.10 Å². The van der Waals surface area contributed by atoms with Crippen LogP contribution in [0.4, 0.5) is 0 Å². The number of nitrogens with two attached hydrogens (primary N) is 1. The average Bonchev–Trinajstić information content (AvgIpc) is 2.20. The van der Waals surface area contributed by atoms with E-state index in [1.54, 1.807) is 0 Å². The van der Waals surface area contributed by atoms with Gasteiger partial charge in [-0.05, 0) is 32.4 Å². The summed E-state index contributed by atoms with van der Waals surface area (Å²) in [4.78, 5) is 8.45. The van der Waals surface area contributed by atoms with Gasteiger partial charge in [0, 0.05) is 19.0 Å². The number of rotatable bonds is 5. The minimum atomic E-state index is -0.0353. The van der Waals surface area contributed by atoms with E-state index in [-0.39, 0.29) is 6.10 Å². The average molecular weight is 195 g/mol. The van der Waals surface area contributed by atoms with Crippen LogP contribution in [0.2, 0.25) is 0 Å². The molecule has 0 saturated heterocycles. The van der Waals surface area contributed by atoms with Gasteiger partial charge in [0.2, 0.25) is 0 Å². The third-order valence-corrected chi connectivity index (χ3v) is 1.94. The molecule has 0 aliphatic rings. The van der Waals surface area contributed by atoms with E-state index < -0.39 is 0 Å². The quantitative estimate of drug-likeness (QED) is 0.763. The second-order valence-corrected chi connectivity index (χ2v) is 3.09. The van der Waals surface area contributed by atoms with E-state index in [0.717, 1.165) is 17.8 Å². The van der Waals surface area contributed by atoms with Crippen LogP contribution in [0.3, 0.4) is 0 Å².